The lowest BCUT2D eigenvalue weighted by atomic mass is 10.3. The number of carboxylic acids is 1. The Labute approximate surface area is 77.7 Å². The SMILES string of the molecule is CC(C)N(C)C(=O)N[C@@H](C)C(=O)O. The van der Waals surface area contributed by atoms with Crippen molar-refractivity contribution >= 4 is 12.0 Å². The molecule has 76 valence electrons. The van der Waals surface area contributed by atoms with E-state index in [9.17, 15) is 9.59 Å². The second-order valence-electron chi connectivity index (χ2n) is 3.21. The lowest BCUT2D eigenvalue weighted by molar-refractivity contribution is -0.138. The Morgan fingerprint density at radius 2 is 1.77 bits per heavy atom. The molecule has 0 aliphatic rings. The van der Waals surface area contributed by atoms with Gasteiger partial charge < -0.3 is 15.3 Å². The van der Waals surface area contributed by atoms with E-state index in [2.05, 4.69) is 5.32 Å². The fourth-order valence-corrected chi connectivity index (χ4v) is 0.583. The second kappa shape index (κ2) is 4.69. The summed E-state index contributed by atoms with van der Waals surface area (Å²) in [4.78, 5) is 23.1. The van der Waals surface area contributed by atoms with Crippen LogP contribution in [0.1, 0.15) is 20.8 Å². The molecule has 5 heteroatoms. The first-order valence-corrected chi connectivity index (χ1v) is 4.12. The molecule has 2 N–H and O–H groups in total. The zero-order chi connectivity index (χ0) is 10.6. The summed E-state index contributed by atoms with van der Waals surface area (Å²) in [5.74, 6) is -1.04. The highest BCUT2D eigenvalue weighted by Gasteiger charge is 2.17. The lowest BCUT2D eigenvalue weighted by Gasteiger charge is -2.23. The van der Waals surface area contributed by atoms with Crippen molar-refractivity contribution < 1.29 is 14.7 Å². The van der Waals surface area contributed by atoms with Crippen molar-refractivity contribution in [2.45, 2.75) is 32.9 Å². The summed E-state index contributed by atoms with van der Waals surface area (Å²) in [6.07, 6.45) is 0. The Morgan fingerprint density at radius 3 is 2.08 bits per heavy atom. The van der Waals surface area contributed by atoms with E-state index in [1.807, 2.05) is 13.8 Å². The van der Waals surface area contributed by atoms with Crippen LogP contribution in [0.4, 0.5) is 4.79 Å². The predicted octanol–water partition coefficient (Wildman–Crippen LogP) is 0.509. The fraction of sp³-hybridized carbons (Fsp3) is 0.750. The van der Waals surface area contributed by atoms with E-state index in [-0.39, 0.29) is 12.1 Å². The van der Waals surface area contributed by atoms with Crippen molar-refractivity contribution in [1.29, 1.82) is 0 Å². The van der Waals surface area contributed by atoms with Crippen LogP contribution in [0.25, 0.3) is 0 Å². The fourth-order valence-electron chi connectivity index (χ4n) is 0.583. The van der Waals surface area contributed by atoms with Gasteiger partial charge in [-0.2, -0.15) is 0 Å². The maximum Gasteiger partial charge on any atom is 0.325 e. The average molecular weight is 188 g/mol. The maximum atomic E-state index is 11.3. The van der Waals surface area contributed by atoms with E-state index >= 15 is 0 Å². The number of rotatable bonds is 3. The highest BCUT2D eigenvalue weighted by atomic mass is 16.4. The first-order chi connectivity index (χ1) is 5.86. The smallest absolute Gasteiger partial charge is 0.325 e. The Hall–Kier alpha value is -1.26. The maximum absolute atomic E-state index is 11.3. The van der Waals surface area contributed by atoms with Gasteiger partial charge in [0.25, 0.3) is 0 Å². The van der Waals surface area contributed by atoms with E-state index in [1.54, 1.807) is 7.05 Å². The molecule has 0 radical (unpaired) electrons. The van der Waals surface area contributed by atoms with Crippen molar-refractivity contribution in [3.05, 3.63) is 0 Å². The number of urea groups is 1. The summed E-state index contributed by atoms with van der Waals surface area (Å²) in [7, 11) is 1.62. The monoisotopic (exact) mass is 188 g/mol. The van der Waals surface area contributed by atoms with Gasteiger partial charge in [0.1, 0.15) is 6.04 Å². The molecule has 0 aromatic rings. The molecule has 0 aromatic heterocycles. The Bertz CT molecular complexity index is 204. The molecule has 2 amide bonds. The zero-order valence-corrected chi connectivity index (χ0v) is 8.37. The minimum Gasteiger partial charge on any atom is -0.480 e. The minimum atomic E-state index is -1.04. The Balaban J connectivity index is 4.08. The Morgan fingerprint density at radius 1 is 1.31 bits per heavy atom. The summed E-state index contributed by atoms with van der Waals surface area (Å²) in [6, 6.07) is -1.17. The summed E-state index contributed by atoms with van der Waals surface area (Å²) in [5.41, 5.74) is 0. The number of carbonyl (C=O) groups is 2. The van der Waals surface area contributed by atoms with Gasteiger partial charge >= 0.3 is 12.0 Å². The minimum absolute atomic E-state index is 0.0565. The molecule has 0 saturated carbocycles. The molecule has 13 heavy (non-hydrogen) atoms. The van der Waals surface area contributed by atoms with Crippen molar-refractivity contribution in [2.75, 3.05) is 7.05 Å². The molecule has 0 bridgehead atoms. The molecule has 0 heterocycles. The van der Waals surface area contributed by atoms with Gasteiger partial charge in [-0.1, -0.05) is 0 Å². The largest absolute Gasteiger partial charge is 0.480 e. The summed E-state index contributed by atoms with van der Waals surface area (Å²) in [6.45, 7) is 5.13. The van der Waals surface area contributed by atoms with Crippen molar-refractivity contribution in [2.24, 2.45) is 0 Å². The molecule has 0 aliphatic heterocycles. The number of carbonyl (C=O) groups excluding carboxylic acids is 1. The number of carboxylic acid groups (broad SMARTS) is 1. The number of nitrogens with one attached hydrogen (secondary N) is 1. The Kier molecular flexibility index (Phi) is 4.23. The summed E-state index contributed by atoms with van der Waals surface area (Å²) >= 11 is 0. The van der Waals surface area contributed by atoms with Crippen molar-refractivity contribution in [3.63, 3.8) is 0 Å². The number of hydrogen-bond donors (Lipinski definition) is 2. The van der Waals surface area contributed by atoms with Crippen LogP contribution in [0.15, 0.2) is 0 Å². The average Bonchev–Trinajstić information content (AvgIpc) is 2.02. The van der Waals surface area contributed by atoms with Crippen LogP contribution in [-0.4, -0.2) is 41.1 Å². The molecule has 0 saturated heterocycles. The first-order valence-electron chi connectivity index (χ1n) is 4.12. The predicted molar refractivity (Wildman–Crippen MR) is 48.5 cm³/mol. The molecule has 1 atom stereocenters. The second-order valence-corrected chi connectivity index (χ2v) is 3.21. The molecule has 0 rings (SSSR count). The summed E-state index contributed by atoms with van der Waals surface area (Å²) < 4.78 is 0. The molecule has 0 aliphatic carbocycles. The topological polar surface area (TPSA) is 69.6 Å². The molecule has 0 aromatic carbocycles. The zero-order valence-electron chi connectivity index (χ0n) is 8.37. The highest BCUT2D eigenvalue weighted by Crippen LogP contribution is 1.94. The van der Waals surface area contributed by atoms with Crippen molar-refractivity contribution in [1.82, 2.24) is 10.2 Å². The van der Waals surface area contributed by atoms with Gasteiger partial charge in [0.15, 0.2) is 0 Å². The van der Waals surface area contributed by atoms with Crippen LogP contribution in [0, 0.1) is 0 Å². The molecular weight excluding hydrogens is 172 g/mol. The van der Waals surface area contributed by atoms with E-state index in [0.717, 1.165) is 0 Å². The van der Waals surface area contributed by atoms with Gasteiger partial charge in [-0.15, -0.1) is 0 Å². The molecule has 0 fully saturated rings. The van der Waals surface area contributed by atoms with Crippen LogP contribution in [-0.2, 0) is 4.79 Å². The van der Waals surface area contributed by atoms with Crippen LogP contribution in [0.5, 0.6) is 0 Å². The number of hydrogen-bond acceptors (Lipinski definition) is 2. The van der Waals surface area contributed by atoms with Gasteiger partial charge in [0.05, 0.1) is 0 Å². The number of amides is 2. The van der Waals surface area contributed by atoms with Crippen LogP contribution in [0.3, 0.4) is 0 Å². The first kappa shape index (κ1) is 11.7. The normalized spacial score (nSPS) is 12.4. The summed E-state index contributed by atoms with van der Waals surface area (Å²) in [5, 5.41) is 10.9. The quantitative estimate of drug-likeness (QED) is 0.678. The standard InChI is InChI=1S/C8H16N2O3/c1-5(2)10(4)8(13)9-6(3)7(11)12/h5-6H,1-4H3,(H,9,13)(H,11,12)/t6-/m0/s1. The van der Waals surface area contributed by atoms with Crippen molar-refractivity contribution in [3.8, 4) is 0 Å². The van der Waals surface area contributed by atoms with Crippen LogP contribution >= 0.6 is 0 Å². The molecule has 5 nitrogen and oxygen atoms in total. The molecule has 0 spiro atoms. The van der Waals surface area contributed by atoms with Gasteiger partial charge in [0, 0.05) is 13.1 Å². The highest BCUT2D eigenvalue weighted by molar-refractivity contribution is 5.82. The van der Waals surface area contributed by atoms with E-state index in [1.165, 1.54) is 11.8 Å². The van der Waals surface area contributed by atoms with Gasteiger partial charge in [-0.25, -0.2) is 4.79 Å². The van der Waals surface area contributed by atoms with Crippen LogP contribution in [0.2, 0.25) is 0 Å². The van der Waals surface area contributed by atoms with Gasteiger partial charge in [-0.3, -0.25) is 4.79 Å². The third kappa shape index (κ3) is 3.78. The van der Waals surface area contributed by atoms with E-state index in [0.29, 0.717) is 0 Å². The van der Waals surface area contributed by atoms with Crippen LogP contribution < -0.4 is 5.32 Å². The molecule has 0 unspecified atom stereocenters. The van der Waals surface area contributed by atoms with Gasteiger partial charge in [0.2, 0.25) is 0 Å². The van der Waals surface area contributed by atoms with Gasteiger partial charge in [-0.05, 0) is 20.8 Å². The third-order valence-electron chi connectivity index (χ3n) is 1.81. The molecular formula is C8H16N2O3. The number of aliphatic carboxylic acids is 1. The lowest BCUT2D eigenvalue weighted by Crippen LogP contribution is -2.47. The third-order valence-corrected chi connectivity index (χ3v) is 1.81. The van der Waals surface area contributed by atoms with E-state index in [4.69, 9.17) is 5.11 Å². The number of nitrogens with zero attached hydrogens (tertiary/aromatic N) is 1. The van der Waals surface area contributed by atoms with E-state index < -0.39 is 12.0 Å².